The molecule has 144 valence electrons. The molecule has 0 fully saturated rings. The molecule has 0 heterocycles. The van der Waals surface area contributed by atoms with Gasteiger partial charge in [0.15, 0.2) is 11.6 Å². The number of halogens is 3. The lowest BCUT2D eigenvalue weighted by Crippen LogP contribution is -2.17. The van der Waals surface area contributed by atoms with Crippen LogP contribution in [0.5, 0.6) is 0 Å². The van der Waals surface area contributed by atoms with E-state index in [4.69, 9.17) is 4.74 Å². The van der Waals surface area contributed by atoms with E-state index in [-0.39, 0.29) is 23.1 Å². The van der Waals surface area contributed by atoms with E-state index in [1.165, 1.54) is 25.1 Å². The zero-order valence-electron chi connectivity index (χ0n) is 15.8. The third kappa shape index (κ3) is 4.44. The van der Waals surface area contributed by atoms with E-state index in [0.717, 1.165) is 32.3 Å². The molecule has 0 bridgehead atoms. The molecule has 2 unspecified atom stereocenters. The quantitative estimate of drug-likeness (QED) is 0.404. The molecule has 27 heavy (non-hydrogen) atoms. The van der Waals surface area contributed by atoms with Crippen molar-refractivity contribution in [3.8, 4) is 11.1 Å². The highest BCUT2D eigenvalue weighted by atomic mass is 19.2. The van der Waals surface area contributed by atoms with Crippen molar-refractivity contribution >= 4 is 0 Å². The van der Waals surface area contributed by atoms with Crippen LogP contribution in [0.25, 0.3) is 11.1 Å². The summed E-state index contributed by atoms with van der Waals surface area (Å²) in [5.74, 6) is -2.24. The number of unbranched alkanes of at least 4 members (excludes halogenated alkanes) is 1. The van der Waals surface area contributed by atoms with Crippen molar-refractivity contribution in [2.75, 3.05) is 6.61 Å². The van der Waals surface area contributed by atoms with Gasteiger partial charge in [-0.15, -0.1) is 0 Å². The van der Waals surface area contributed by atoms with E-state index in [2.05, 4.69) is 6.92 Å². The fraction of sp³-hybridized carbons (Fsp3) is 0.391. The highest BCUT2D eigenvalue weighted by molar-refractivity contribution is 5.65. The second kappa shape index (κ2) is 8.75. The maximum atomic E-state index is 14.7. The molecule has 2 aromatic rings. The van der Waals surface area contributed by atoms with Crippen molar-refractivity contribution < 1.29 is 17.9 Å². The van der Waals surface area contributed by atoms with E-state index in [1.807, 2.05) is 12.2 Å². The summed E-state index contributed by atoms with van der Waals surface area (Å²) in [5, 5.41) is 0. The van der Waals surface area contributed by atoms with E-state index in [0.29, 0.717) is 11.1 Å². The van der Waals surface area contributed by atoms with Gasteiger partial charge >= 0.3 is 0 Å². The molecular weight excluding hydrogens is 349 g/mol. The zero-order valence-corrected chi connectivity index (χ0v) is 15.8. The Bertz CT molecular complexity index is 829. The number of ether oxygens (including phenoxy) is 1. The predicted molar refractivity (Wildman–Crippen MR) is 102 cm³/mol. The molecule has 0 saturated heterocycles. The Morgan fingerprint density at radius 3 is 2.48 bits per heavy atom. The summed E-state index contributed by atoms with van der Waals surface area (Å²) in [6.45, 7) is 4.37. The maximum absolute atomic E-state index is 14.7. The van der Waals surface area contributed by atoms with Crippen molar-refractivity contribution in [3.05, 3.63) is 71.1 Å². The molecular formula is C23H25F3O. The van der Waals surface area contributed by atoms with Crippen molar-refractivity contribution in [3.63, 3.8) is 0 Å². The van der Waals surface area contributed by atoms with Crippen molar-refractivity contribution in [2.24, 2.45) is 0 Å². The van der Waals surface area contributed by atoms with Crippen LogP contribution in [0.15, 0.2) is 42.5 Å². The Morgan fingerprint density at radius 2 is 1.81 bits per heavy atom. The second-order valence-corrected chi connectivity index (χ2v) is 7.13. The van der Waals surface area contributed by atoms with Crippen LogP contribution >= 0.6 is 0 Å². The van der Waals surface area contributed by atoms with Gasteiger partial charge in [0.25, 0.3) is 0 Å². The van der Waals surface area contributed by atoms with Gasteiger partial charge in [0.2, 0.25) is 0 Å². The van der Waals surface area contributed by atoms with Crippen LogP contribution in [0.3, 0.4) is 0 Å². The van der Waals surface area contributed by atoms with E-state index < -0.39 is 17.5 Å². The number of allylic oxidation sites excluding steroid dienone is 1. The molecule has 0 N–H and O–H groups in total. The molecule has 1 aliphatic rings. The number of rotatable bonds is 6. The Labute approximate surface area is 158 Å². The minimum Gasteiger partial charge on any atom is -0.374 e. The average molecular weight is 374 g/mol. The number of hydrogen-bond acceptors (Lipinski definition) is 1. The second-order valence-electron chi connectivity index (χ2n) is 7.13. The minimum absolute atomic E-state index is 0.0234. The molecule has 1 aliphatic carbocycles. The summed E-state index contributed by atoms with van der Waals surface area (Å²) in [5.41, 5.74) is 1.23. The molecule has 1 nitrogen and oxygen atoms in total. The SMILES string of the molecule is CCCCOC1C=CC(c2ccc(-c3ccc(C)c(F)c3F)cc2F)CC1. The van der Waals surface area contributed by atoms with Gasteiger partial charge in [-0.05, 0) is 48.9 Å². The van der Waals surface area contributed by atoms with Crippen LogP contribution in [0, 0.1) is 24.4 Å². The van der Waals surface area contributed by atoms with Crippen LogP contribution in [0.1, 0.15) is 49.7 Å². The molecule has 0 aromatic heterocycles. The molecule has 0 aliphatic heterocycles. The van der Waals surface area contributed by atoms with Crippen LogP contribution in [0.4, 0.5) is 13.2 Å². The van der Waals surface area contributed by atoms with Crippen LogP contribution in [-0.4, -0.2) is 12.7 Å². The Hall–Kier alpha value is -2.07. The third-order valence-corrected chi connectivity index (χ3v) is 5.14. The highest BCUT2D eigenvalue weighted by Gasteiger charge is 2.21. The van der Waals surface area contributed by atoms with Gasteiger partial charge in [-0.3, -0.25) is 0 Å². The first-order valence-corrected chi connectivity index (χ1v) is 9.55. The van der Waals surface area contributed by atoms with E-state index in [9.17, 15) is 13.2 Å². The van der Waals surface area contributed by atoms with E-state index in [1.54, 1.807) is 12.1 Å². The van der Waals surface area contributed by atoms with Crippen molar-refractivity contribution in [1.82, 2.24) is 0 Å². The Kier molecular flexibility index (Phi) is 6.38. The van der Waals surface area contributed by atoms with E-state index >= 15 is 0 Å². The molecule has 0 spiro atoms. The van der Waals surface area contributed by atoms with Gasteiger partial charge in [-0.1, -0.05) is 49.8 Å². The summed E-state index contributed by atoms with van der Waals surface area (Å²) < 4.78 is 48.5. The summed E-state index contributed by atoms with van der Waals surface area (Å²) in [6.07, 6.45) is 7.89. The number of hydrogen-bond donors (Lipinski definition) is 0. The van der Waals surface area contributed by atoms with Gasteiger partial charge in [0.05, 0.1) is 6.10 Å². The monoisotopic (exact) mass is 374 g/mol. The van der Waals surface area contributed by atoms with Gasteiger partial charge in [0.1, 0.15) is 5.82 Å². The summed E-state index contributed by atoms with van der Waals surface area (Å²) in [7, 11) is 0. The smallest absolute Gasteiger partial charge is 0.166 e. The first kappa shape index (κ1) is 19.7. The Balaban J connectivity index is 1.76. The average Bonchev–Trinajstić information content (AvgIpc) is 2.67. The molecule has 2 atom stereocenters. The fourth-order valence-corrected chi connectivity index (χ4v) is 3.44. The van der Waals surface area contributed by atoms with Crippen molar-refractivity contribution in [1.29, 1.82) is 0 Å². The topological polar surface area (TPSA) is 9.23 Å². The van der Waals surface area contributed by atoms with Crippen LogP contribution in [0.2, 0.25) is 0 Å². The highest BCUT2D eigenvalue weighted by Crippen LogP contribution is 2.34. The third-order valence-electron chi connectivity index (χ3n) is 5.14. The van der Waals surface area contributed by atoms with Gasteiger partial charge in [-0.2, -0.15) is 0 Å². The van der Waals surface area contributed by atoms with Gasteiger partial charge in [0, 0.05) is 18.1 Å². The lowest BCUT2D eigenvalue weighted by molar-refractivity contribution is 0.0717. The zero-order chi connectivity index (χ0) is 19.4. The fourth-order valence-electron chi connectivity index (χ4n) is 3.44. The predicted octanol–water partition coefficient (Wildman–Crippen LogP) is 6.70. The Morgan fingerprint density at radius 1 is 1.00 bits per heavy atom. The molecule has 2 aromatic carbocycles. The van der Waals surface area contributed by atoms with Crippen LogP contribution in [-0.2, 0) is 4.74 Å². The lowest BCUT2D eigenvalue weighted by atomic mass is 9.87. The van der Waals surface area contributed by atoms with Gasteiger partial charge < -0.3 is 4.74 Å². The first-order chi connectivity index (χ1) is 13.0. The minimum atomic E-state index is -0.938. The molecule has 0 radical (unpaired) electrons. The largest absolute Gasteiger partial charge is 0.374 e. The van der Waals surface area contributed by atoms with Crippen LogP contribution < -0.4 is 0 Å². The number of benzene rings is 2. The molecule has 3 rings (SSSR count). The summed E-state index contributed by atoms with van der Waals surface area (Å²) in [4.78, 5) is 0. The summed E-state index contributed by atoms with van der Waals surface area (Å²) in [6, 6.07) is 7.61. The molecule has 0 saturated carbocycles. The molecule has 0 amide bonds. The maximum Gasteiger partial charge on any atom is 0.166 e. The van der Waals surface area contributed by atoms with Gasteiger partial charge in [-0.25, -0.2) is 13.2 Å². The number of aryl methyl sites for hydroxylation is 1. The standard InChI is InChI=1S/C23H25F3O/c1-3-4-13-27-18-9-6-16(7-10-18)19-12-8-17(14-21(19)24)20-11-5-15(2)22(25)23(20)26/h5-6,8-9,11-12,14,16,18H,3-4,7,10,13H2,1-2H3. The van der Waals surface area contributed by atoms with Crippen molar-refractivity contribution in [2.45, 2.75) is 51.6 Å². The first-order valence-electron chi connectivity index (χ1n) is 9.55. The lowest BCUT2D eigenvalue weighted by Gasteiger charge is -2.24. The molecule has 4 heteroatoms. The normalized spacial score (nSPS) is 19.4. The summed E-state index contributed by atoms with van der Waals surface area (Å²) >= 11 is 0.